The van der Waals surface area contributed by atoms with Gasteiger partial charge >= 0.3 is 0 Å². The molecule has 3 heterocycles. The first-order valence-corrected chi connectivity index (χ1v) is 9.81. The van der Waals surface area contributed by atoms with Crippen LogP contribution in [0.1, 0.15) is 44.9 Å². The fourth-order valence-electron chi connectivity index (χ4n) is 3.91. The molecule has 0 N–H and O–H groups in total. The Kier molecular flexibility index (Phi) is 4.60. The predicted octanol–water partition coefficient (Wildman–Crippen LogP) is 2.97. The Hall–Kier alpha value is -1.76. The van der Waals surface area contributed by atoms with E-state index in [0.717, 1.165) is 37.1 Å². The molecule has 7 heteroatoms. The lowest BCUT2D eigenvalue weighted by molar-refractivity contribution is -0.137. The minimum absolute atomic E-state index is 0.213. The maximum Gasteiger partial charge on any atom is 0.225 e. The van der Waals surface area contributed by atoms with Gasteiger partial charge in [-0.15, -0.1) is 21.5 Å². The molecule has 0 unspecified atom stereocenters. The molecular weight excluding hydrogens is 322 g/mol. The largest absolute Gasteiger partial charge is 0.338 e. The number of carbonyl (C=O) groups excluding carboxylic acids is 1. The number of hydrogen-bond donors (Lipinski definition) is 0. The molecule has 0 radical (unpaired) electrons. The summed E-state index contributed by atoms with van der Waals surface area (Å²) in [4.78, 5) is 17.6. The van der Waals surface area contributed by atoms with Gasteiger partial charge in [0.05, 0.1) is 17.5 Å². The minimum atomic E-state index is 0.213. The Morgan fingerprint density at radius 1 is 1.21 bits per heavy atom. The molecule has 1 saturated carbocycles. The van der Waals surface area contributed by atoms with Crippen molar-refractivity contribution in [3.63, 3.8) is 0 Å². The van der Waals surface area contributed by atoms with Crippen LogP contribution in [0.25, 0.3) is 10.7 Å². The molecule has 1 aliphatic heterocycles. The van der Waals surface area contributed by atoms with Crippen LogP contribution >= 0.6 is 11.3 Å². The van der Waals surface area contributed by atoms with Gasteiger partial charge in [-0.25, -0.2) is 0 Å². The van der Waals surface area contributed by atoms with Gasteiger partial charge in [0.1, 0.15) is 0 Å². The lowest BCUT2D eigenvalue weighted by atomic mass is 9.88. The number of likely N-dealkylation sites (tertiary alicyclic amines) is 1. The number of carbonyl (C=O) groups is 1. The molecule has 0 bridgehead atoms. The average Bonchev–Trinajstić information content (AvgIpc) is 3.37. The third-order valence-corrected chi connectivity index (χ3v) is 6.05. The summed E-state index contributed by atoms with van der Waals surface area (Å²) in [5, 5.41) is 14.8. The van der Waals surface area contributed by atoms with Gasteiger partial charge in [-0.2, -0.15) is 4.80 Å². The molecule has 2 aromatic rings. The number of thiophene rings is 1. The van der Waals surface area contributed by atoms with E-state index in [-0.39, 0.29) is 12.0 Å². The Balaban J connectivity index is 1.42. The van der Waals surface area contributed by atoms with Gasteiger partial charge < -0.3 is 4.90 Å². The van der Waals surface area contributed by atoms with Gasteiger partial charge in [0, 0.05) is 12.5 Å². The number of aromatic nitrogens is 4. The molecule has 128 valence electrons. The summed E-state index contributed by atoms with van der Waals surface area (Å²) in [6.07, 6.45) is 7.91. The number of hydrogen-bond acceptors (Lipinski definition) is 5. The molecule has 4 rings (SSSR count). The zero-order valence-electron chi connectivity index (χ0n) is 13.8. The van der Waals surface area contributed by atoms with E-state index in [9.17, 15) is 4.79 Å². The maximum absolute atomic E-state index is 12.9. The zero-order chi connectivity index (χ0) is 16.4. The lowest BCUT2D eigenvalue weighted by Gasteiger charge is -2.30. The van der Waals surface area contributed by atoms with Crippen molar-refractivity contribution >= 4 is 17.2 Å². The van der Waals surface area contributed by atoms with E-state index in [1.54, 1.807) is 16.1 Å². The van der Waals surface area contributed by atoms with Crippen molar-refractivity contribution in [1.29, 1.82) is 0 Å². The fourth-order valence-corrected chi connectivity index (χ4v) is 4.56. The summed E-state index contributed by atoms with van der Waals surface area (Å²) in [7, 11) is 0. The minimum Gasteiger partial charge on any atom is -0.338 e. The molecule has 2 fully saturated rings. The summed E-state index contributed by atoms with van der Waals surface area (Å²) in [5.74, 6) is 1.27. The first kappa shape index (κ1) is 15.7. The Bertz CT molecular complexity index is 677. The zero-order valence-corrected chi connectivity index (χ0v) is 14.6. The van der Waals surface area contributed by atoms with Gasteiger partial charge in [0.25, 0.3) is 0 Å². The summed E-state index contributed by atoms with van der Waals surface area (Å²) in [6.45, 7) is 1.53. The molecule has 1 saturated heterocycles. The van der Waals surface area contributed by atoms with Gasteiger partial charge in [0.2, 0.25) is 11.7 Å². The van der Waals surface area contributed by atoms with Crippen LogP contribution in [0.5, 0.6) is 0 Å². The van der Waals surface area contributed by atoms with Gasteiger partial charge in [0.15, 0.2) is 0 Å². The van der Waals surface area contributed by atoms with Crippen molar-refractivity contribution in [3.8, 4) is 10.7 Å². The lowest BCUT2D eigenvalue weighted by Crippen LogP contribution is -2.42. The molecule has 6 nitrogen and oxygen atoms in total. The third kappa shape index (κ3) is 3.22. The molecule has 2 aliphatic rings. The fraction of sp³-hybridized carbons (Fsp3) is 0.647. The molecular formula is C17H23N5OS. The topological polar surface area (TPSA) is 63.9 Å². The van der Waals surface area contributed by atoms with Crippen LogP contribution in [0, 0.1) is 5.92 Å². The van der Waals surface area contributed by atoms with Crippen molar-refractivity contribution in [2.75, 3.05) is 6.54 Å². The quantitative estimate of drug-likeness (QED) is 0.854. The Morgan fingerprint density at radius 2 is 2.08 bits per heavy atom. The Morgan fingerprint density at radius 3 is 2.88 bits per heavy atom. The van der Waals surface area contributed by atoms with E-state index < -0.39 is 0 Å². The highest BCUT2D eigenvalue weighted by molar-refractivity contribution is 7.13. The van der Waals surface area contributed by atoms with E-state index in [4.69, 9.17) is 0 Å². The summed E-state index contributed by atoms with van der Waals surface area (Å²) >= 11 is 1.61. The normalized spacial score (nSPS) is 22.2. The van der Waals surface area contributed by atoms with E-state index in [0.29, 0.717) is 18.3 Å². The van der Waals surface area contributed by atoms with Crippen LogP contribution in [0.3, 0.4) is 0 Å². The summed E-state index contributed by atoms with van der Waals surface area (Å²) < 4.78 is 0. The molecule has 1 atom stereocenters. The van der Waals surface area contributed by atoms with Crippen LogP contribution in [0.4, 0.5) is 0 Å². The standard InChI is InChI=1S/C17H23N5OS/c23-17(13-6-2-1-3-7-13)21-10-4-8-14(21)12-22-19-16(18-20-22)15-9-5-11-24-15/h5,9,11,13-14H,1-4,6-8,10,12H2/t14-/m1/s1. The van der Waals surface area contributed by atoms with Crippen LogP contribution < -0.4 is 0 Å². The molecule has 24 heavy (non-hydrogen) atoms. The first-order chi connectivity index (χ1) is 11.8. The van der Waals surface area contributed by atoms with Crippen LogP contribution in [-0.2, 0) is 11.3 Å². The summed E-state index contributed by atoms with van der Waals surface area (Å²) in [5.41, 5.74) is 0. The van der Waals surface area contributed by atoms with Crippen LogP contribution in [0.15, 0.2) is 17.5 Å². The van der Waals surface area contributed by atoms with Crippen molar-refractivity contribution in [2.45, 2.75) is 57.5 Å². The van der Waals surface area contributed by atoms with Gasteiger partial charge in [-0.05, 0) is 42.3 Å². The van der Waals surface area contributed by atoms with E-state index in [2.05, 4.69) is 20.3 Å². The van der Waals surface area contributed by atoms with E-state index in [1.165, 1.54) is 19.3 Å². The first-order valence-electron chi connectivity index (χ1n) is 8.93. The van der Waals surface area contributed by atoms with Crippen molar-refractivity contribution in [2.24, 2.45) is 5.92 Å². The SMILES string of the molecule is O=C(C1CCCCC1)N1CCC[C@@H]1Cn1nnc(-c2cccs2)n1. The van der Waals surface area contributed by atoms with Crippen LogP contribution in [-0.4, -0.2) is 43.6 Å². The van der Waals surface area contributed by atoms with Gasteiger partial charge in [-0.3, -0.25) is 4.79 Å². The third-order valence-electron chi connectivity index (χ3n) is 5.18. The average molecular weight is 345 g/mol. The predicted molar refractivity (Wildman–Crippen MR) is 92.4 cm³/mol. The number of rotatable bonds is 4. The van der Waals surface area contributed by atoms with Crippen molar-refractivity contribution < 1.29 is 4.79 Å². The van der Waals surface area contributed by atoms with Crippen LogP contribution in [0.2, 0.25) is 0 Å². The van der Waals surface area contributed by atoms with E-state index in [1.807, 2.05) is 17.5 Å². The number of amides is 1. The Labute approximate surface area is 145 Å². The maximum atomic E-state index is 12.9. The highest BCUT2D eigenvalue weighted by Crippen LogP contribution is 2.29. The van der Waals surface area contributed by atoms with Gasteiger partial charge in [-0.1, -0.05) is 25.3 Å². The second kappa shape index (κ2) is 7.01. The number of tetrazole rings is 1. The molecule has 1 aliphatic carbocycles. The van der Waals surface area contributed by atoms with Crippen molar-refractivity contribution in [3.05, 3.63) is 17.5 Å². The van der Waals surface area contributed by atoms with E-state index >= 15 is 0 Å². The molecule has 2 aromatic heterocycles. The molecule has 0 spiro atoms. The smallest absolute Gasteiger partial charge is 0.225 e. The second-order valence-corrected chi connectivity index (χ2v) is 7.76. The van der Waals surface area contributed by atoms with Crippen molar-refractivity contribution in [1.82, 2.24) is 25.1 Å². The summed E-state index contributed by atoms with van der Waals surface area (Å²) in [6, 6.07) is 4.20. The highest BCUT2D eigenvalue weighted by Gasteiger charge is 2.34. The monoisotopic (exact) mass is 345 g/mol. The molecule has 0 aromatic carbocycles. The second-order valence-electron chi connectivity index (χ2n) is 6.81. The highest BCUT2D eigenvalue weighted by atomic mass is 32.1. The number of nitrogens with zero attached hydrogens (tertiary/aromatic N) is 5. The molecule has 1 amide bonds.